The fraction of sp³-hybridized carbons (Fsp3) is 0.389. The van der Waals surface area contributed by atoms with Crippen LogP contribution in [0.25, 0.3) is 0 Å². The van der Waals surface area contributed by atoms with Crippen LogP contribution >= 0.6 is 0 Å². The highest BCUT2D eigenvalue weighted by molar-refractivity contribution is 5.99. The minimum Gasteiger partial charge on any atom is -0.497 e. The number of hydrogen-bond donors (Lipinski definition) is 1. The quantitative estimate of drug-likeness (QED) is 0.925. The molecule has 0 saturated carbocycles. The second kappa shape index (κ2) is 5.91. The molecule has 0 fully saturated rings. The molecule has 0 bridgehead atoms. The molecule has 0 amide bonds. The highest BCUT2D eigenvalue weighted by atomic mass is 16.5. The van der Waals surface area contributed by atoms with Crippen molar-refractivity contribution in [1.82, 2.24) is 14.8 Å². The smallest absolute Gasteiger partial charge is 0.226 e. The number of allylic oxidation sites excluding steroid dienone is 2. The van der Waals surface area contributed by atoms with E-state index in [2.05, 4.69) is 22.3 Å². The second-order valence-electron chi connectivity index (χ2n) is 6.49. The van der Waals surface area contributed by atoms with Gasteiger partial charge in [0.2, 0.25) is 5.95 Å². The molecule has 0 saturated heterocycles. The van der Waals surface area contributed by atoms with Gasteiger partial charge < -0.3 is 14.8 Å². The number of methoxy groups -OCH3 is 2. The Morgan fingerprint density at radius 3 is 2.84 bits per heavy atom. The molecule has 2 aromatic rings. The van der Waals surface area contributed by atoms with Crippen LogP contribution in [0.1, 0.15) is 31.4 Å². The molecule has 1 aromatic carbocycles. The number of ketones is 1. The van der Waals surface area contributed by atoms with Gasteiger partial charge in [-0.15, -0.1) is 0 Å². The summed E-state index contributed by atoms with van der Waals surface area (Å²) >= 11 is 0. The summed E-state index contributed by atoms with van der Waals surface area (Å²) in [4.78, 5) is 17.2. The molecule has 7 heteroatoms. The molecule has 1 aliphatic heterocycles. The fourth-order valence-corrected chi connectivity index (χ4v) is 3.69. The largest absolute Gasteiger partial charge is 0.497 e. The molecule has 4 rings (SSSR count). The third-order valence-corrected chi connectivity index (χ3v) is 4.80. The zero-order valence-electron chi connectivity index (χ0n) is 14.4. The van der Waals surface area contributed by atoms with Crippen LogP contribution in [0.5, 0.6) is 11.5 Å². The lowest BCUT2D eigenvalue weighted by molar-refractivity contribution is -0.117. The Balaban J connectivity index is 1.94. The molecule has 2 heterocycles. The Hall–Kier alpha value is -2.83. The topological polar surface area (TPSA) is 78.3 Å². The van der Waals surface area contributed by atoms with Crippen LogP contribution in [0, 0.1) is 5.92 Å². The second-order valence-corrected chi connectivity index (χ2v) is 6.49. The molecule has 2 atom stereocenters. The summed E-state index contributed by atoms with van der Waals surface area (Å²) < 4.78 is 12.7. The summed E-state index contributed by atoms with van der Waals surface area (Å²) in [5.41, 5.74) is 2.51. The Labute approximate surface area is 145 Å². The number of nitrogens with one attached hydrogen (secondary N) is 1. The van der Waals surface area contributed by atoms with E-state index >= 15 is 0 Å². The highest BCUT2D eigenvalue weighted by Gasteiger charge is 2.39. The molecule has 0 spiro atoms. The standard InChI is InChI=1S/C18H20N4O3/c1-10-6-13-16(14(23)7-10)17(22-18(21-13)19-9-20-22)12-8-11(24-2)4-5-15(12)25-3/h4-5,8-10,17H,6-7H2,1-3H3,(H,19,20,21)/t10-,17+/m1/s1. The first-order chi connectivity index (χ1) is 12.1. The summed E-state index contributed by atoms with van der Waals surface area (Å²) in [5, 5.41) is 7.63. The Morgan fingerprint density at radius 2 is 2.08 bits per heavy atom. The summed E-state index contributed by atoms with van der Waals surface area (Å²) in [6.07, 6.45) is 2.85. The number of anilines is 1. The predicted molar refractivity (Wildman–Crippen MR) is 91.8 cm³/mol. The molecular formula is C18H20N4O3. The first kappa shape index (κ1) is 15.7. The average Bonchev–Trinajstić information content (AvgIpc) is 3.07. The fourth-order valence-electron chi connectivity index (χ4n) is 3.69. The van der Waals surface area contributed by atoms with Gasteiger partial charge in [-0.25, -0.2) is 4.68 Å². The zero-order valence-corrected chi connectivity index (χ0v) is 14.4. The van der Waals surface area contributed by atoms with Crippen molar-refractivity contribution in [2.75, 3.05) is 19.5 Å². The van der Waals surface area contributed by atoms with Crippen LogP contribution < -0.4 is 14.8 Å². The van der Waals surface area contributed by atoms with Gasteiger partial charge in [0.1, 0.15) is 23.9 Å². The minimum absolute atomic E-state index is 0.136. The van der Waals surface area contributed by atoms with Gasteiger partial charge in [0, 0.05) is 23.3 Å². The van der Waals surface area contributed by atoms with Gasteiger partial charge in [0.05, 0.1) is 14.2 Å². The van der Waals surface area contributed by atoms with E-state index in [4.69, 9.17) is 9.47 Å². The van der Waals surface area contributed by atoms with E-state index in [1.807, 2.05) is 18.2 Å². The van der Waals surface area contributed by atoms with E-state index in [-0.39, 0.29) is 11.8 Å². The van der Waals surface area contributed by atoms with Crippen molar-refractivity contribution in [2.24, 2.45) is 5.92 Å². The number of rotatable bonds is 3. The van der Waals surface area contributed by atoms with Crippen LogP contribution in [0.4, 0.5) is 5.95 Å². The third-order valence-electron chi connectivity index (χ3n) is 4.80. The van der Waals surface area contributed by atoms with Crippen molar-refractivity contribution in [3.63, 3.8) is 0 Å². The van der Waals surface area contributed by atoms with E-state index in [0.717, 1.165) is 23.3 Å². The van der Waals surface area contributed by atoms with Gasteiger partial charge in [-0.2, -0.15) is 10.1 Å². The van der Waals surface area contributed by atoms with Crippen LogP contribution in [0.3, 0.4) is 0 Å². The third kappa shape index (κ3) is 2.47. The van der Waals surface area contributed by atoms with Crippen molar-refractivity contribution >= 4 is 11.7 Å². The van der Waals surface area contributed by atoms with Crippen LogP contribution in [-0.4, -0.2) is 34.8 Å². The van der Waals surface area contributed by atoms with Crippen molar-refractivity contribution < 1.29 is 14.3 Å². The monoisotopic (exact) mass is 340 g/mol. The Morgan fingerprint density at radius 1 is 1.24 bits per heavy atom. The van der Waals surface area contributed by atoms with Gasteiger partial charge in [-0.3, -0.25) is 4.79 Å². The number of nitrogens with zero attached hydrogens (tertiary/aromatic N) is 3. The molecule has 1 aliphatic carbocycles. The van der Waals surface area contributed by atoms with E-state index in [0.29, 0.717) is 29.8 Å². The van der Waals surface area contributed by atoms with Gasteiger partial charge in [0.25, 0.3) is 0 Å². The highest BCUT2D eigenvalue weighted by Crippen LogP contribution is 2.44. The predicted octanol–water partition coefficient (Wildman–Crippen LogP) is 2.56. The SMILES string of the molecule is COc1ccc(OC)c([C@H]2C3=C(C[C@@H](C)CC3=O)Nc3ncnn32)c1. The normalized spacial score (nSPS) is 22.1. The van der Waals surface area contributed by atoms with Crippen LogP contribution in [0.15, 0.2) is 35.8 Å². The summed E-state index contributed by atoms with van der Waals surface area (Å²) in [6, 6.07) is 5.21. The molecule has 25 heavy (non-hydrogen) atoms. The Kier molecular flexibility index (Phi) is 3.71. The molecular weight excluding hydrogens is 320 g/mol. The number of fused-ring (bicyclic) bond motifs is 1. The van der Waals surface area contributed by atoms with Crippen molar-refractivity contribution in [3.05, 3.63) is 41.4 Å². The zero-order chi connectivity index (χ0) is 17.6. The number of hydrogen-bond acceptors (Lipinski definition) is 6. The van der Waals surface area contributed by atoms with E-state index in [1.54, 1.807) is 18.9 Å². The molecule has 1 N–H and O–H groups in total. The maximum atomic E-state index is 12.9. The maximum absolute atomic E-state index is 12.9. The number of Topliss-reactive ketones (excluding diaryl/α,β-unsaturated/α-hetero) is 1. The molecule has 2 aliphatic rings. The summed E-state index contributed by atoms with van der Waals surface area (Å²) in [6.45, 7) is 2.09. The van der Waals surface area contributed by atoms with E-state index in [1.165, 1.54) is 6.33 Å². The lowest BCUT2D eigenvalue weighted by Crippen LogP contribution is -2.33. The average molecular weight is 340 g/mol. The van der Waals surface area contributed by atoms with Crippen molar-refractivity contribution in [2.45, 2.75) is 25.8 Å². The van der Waals surface area contributed by atoms with E-state index < -0.39 is 0 Å². The van der Waals surface area contributed by atoms with Gasteiger partial charge >= 0.3 is 0 Å². The summed E-state index contributed by atoms with van der Waals surface area (Å²) in [7, 11) is 3.24. The van der Waals surface area contributed by atoms with Crippen molar-refractivity contribution in [1.29, 1.82) is 0 Å². The molecule has 0 unspecified atom stereocenters. The minimum atomic E-state index is -0.376. The van der Waals surface area contributed by atoms with Crippen LogP contribution in [-0.2, 0) is 4.79 Å². The number of benzene rings is 1. The number of ether oxygens (including phenoxy) is 2. The molecule has 7 nitrogen and oxygen atoms in total. The maximum Gasteiger partial charge on any atom is 0.226 e. The number of aromatic nitrogens is 3. The Bertz CT molecular complexity index is 871. The lowest BCUT2D eigenvalue weighted by atomic mass is 9.81. The first-order valence-corrected chi connectivity index (χ1v) is 8.27. The number of carbonyl (C=O) groups excluding carboxylic acids is 1. The number of carbonyl (C=O) groups is 1. The lowest BCUT2D eigenvalue weighted by Gasteiger charge is -2.34. The van der Waals surface area contributed by atoms with Crippen LogP contribution in [0.2, 0.25) is 0 Å². The van der Waals surface area contributed by atoms with Gasteiger partial charge in [-0.1, -0.05) is 6.92 Å². The molecule has 1 aromatic heterocycles. The van der Waals surface area contributed by atoms with Gasteiger partial charge in [-0.05, 0) is 30.5 Å². The molecule has 130 valence electrons. The van der Waals surface area contributed by atoms with Crippen molar-refractivity contribution in [3.8, 4) is 11.5 Å². The first-order valence-electron chi connectivity index (χ1n) is 8.27. The van der Waals surface area contributed by atoms with E-state index in [9.17, 15) is 4.79 Å². The summed E-state index contributed by atoms with van der Waals surface area (Å²) in [5.74, 6) is 2.47. The van der Waals surface area contributed by atoms with Gasteiger partial charge in [0.15, 0.2) is 5.78 Å². The molecule has 0 radical (unpaired) electrons.